The highest BCUT2D eigenvalue weighted by Crippen LogP contribution is 2.51. The fraction of sp³-hybridized carbons (Fsp3) is 0.119. The molecular formula is C42H32N4. The summed E-state index contributed by atoms with van der Waals surface area (Å²) in [6.45, 7) is 4.67. The van der Waals surface area contributed by atoms with Gasteiger partial charge < -0.3 is 0 Å². The molecule has 2 aromatic heterocycles. The van der Waals surface area contributed by atoms with Gasteiger partial charge in [0, 0.05) is 27.7 Å². The molecule has 2 aliphatic rings. The zero-order valence-corrected chi connectivity index (χ0v) is 25.9. The lowest BCUT2D eigenvalue weighted by atomic mass is 9.82. The van der Waals surface area contributed by atoms with Crippen molar-refractivity contribution in [2.75, 3.05) is 0 Å². The topological polar surface area (TPSA) is 43.6 Å². The van der Waals surface area contributed by atoms with Gasteiger partial charge in [0.15, 0.2) is 5.82 Å². The van der Waals surface area contributed by atoms with E-state index in [0.717, 1.165) is 28.8 Å². The molecule has 2 heterocycles. The van der Waals surface area contributed by atoms with Crippen LogP contribution < -0.4 is 0 Å². The van der Waals surface area contributed by atoms with Gasteiger partial charge in [0.2, 0.25) is 5.95 Å². The molecule has 1 atom stereocenters. The summed E-state index contributed by atoms with van der Waals surface area (Å²) >= 11 is 0. The molecule has 7 aromatic rings. The van der Waals surface area contributed by atoms with Gasteiger partial charge in [-0.1, -0.05) is 129 Å². The monoisotopic (exact) mass is 592 g/mol. The Morgan fingerprint density at radius 2 is 1.35 bits per heavy atom. The van der Waals surface area contributed by atoms with E-state index in [0.29, 0.717) is 11.8 Å². The van der Waals surface area contributed by atoms with E-state index in [1.807, 2.05) is 18.2 Å². The minimum atomic E-state index is -0.130. The van der Waals surface area contributed by atoms with Crippen LogP contribution in [0.15, 0.2) is 140 Å². The fourth-order valence-electron chi connectivity index (χ4n) is 7.37. The van der Waals surface area contributed by atoms with Crippen LogP contribution in [0.2, 0.25) is 0 Å². The molecule has 0 spiro atoms. The molecule has 0 saturated carbocycles. The summed E-state index contributed by atoms with van der Waals surface area (Å²) in [4.78, 5) is 15.5. The second kappa shape index (κ2) is 10.2. The van der Waals surface area contributed by atoms with Crippen molar-refractivity contribution < 1.29 is 0 Å². The summed E-state index contributed by atoms with van der Waals surface area (Å²) in [6, 6.07) is 41.3. The Kier molecular flexibility index (Phi) is 5.94. The fourth-order valence-corrected chi connectivity index (χ4v) is 7.37. The number of nitrogens with zero attached hydrogens (tertiary/aromatic N) is 4. The smallest absolute Gasteiger partial charge is 0.238 e. The highest BCUT2D eigenvalue weighted by Gasteiger charge is 2.36. The second-order valence-electron chi connectivity index (χ2n) is 12.9. The number of fused-ring (bicyclic) bond motifs is 6. The van der Waals surface area contributed by atoms with Crippen molar-refractivity contribution >= 4 is 21.8 Å². The first-order valence-electron chi connectivity index (χ1n) is 16.0. The predicted octanol–water partition coefficient (Wildman–Crippen LogP) is 10.2. The van der Waals surface area contributed by atoms with Crippen LogP contribution in [0.25, 0.3) is 61.4 Å². The Labute approximate surface area is 268 Å². The third-order valence-corrected chi connectivity index (χ3v) is 9.76. The van der Waals surface area contributed by atoms with Crippen LogP contribution in [0, 0.1) is 0 Å². The minimum Gasteiger partial charge on any atom is -0.278 e. The average Bonchev–Trinajstić information content (AvgIpc) is 3.56. The Bertz CT molecular complexity index is 2360. The first kappa shape index (κ1) is 26.8. The van der Waals surface area contributed by atoms with Gasteiger partial charge >= 0.3 is 0 Å². The van der Waals surface area contributed by atoms with E-state index in [-0.39, 0.29) is 11.3 Å². The molecule has 0 fully saturated rings. The number of hydrogen-bond acceptors (Lipinski definition) is 3. The third-order valence-electron chi connectivity index (χ3n) is 9.76. The molecule has 46 heavy (non-hydrogen) atoms. The van der Waals surface area contributed by atoms with Crippen molar-refractivity contribution in [3.05, 3.63) is 157 Å². The standard InChI is InChI=1S/C42H32N4/c1-42(2)35-21-13-12-20-31(35)32-25-34-33-24-30(27-14-6-3-7-15-27)22-23-37(33)46(38(34)26-36(32)42)41-44-39(28-16-8-4-9-17-28)43-40(45-41)29-18-10-5-11-19-29/h3-18,20-26,29H,19H2,1-2H3. The van der Waals surface area contributed by atoms with Crippen molar-refractivity contribution in [1.29, 1.82) is 0 Å². The molecule has 0 bridgehead atoms. The quantitative estimate of drug-likeness (QED) is 0.204. The van der Waals surface area contributed by atoms with E-state index < -0.39 is 0 Å². The van der Waals surface area contributed by atoms with Crippen LogP contribution in [0.3, 0.4) is 0 Å². The Morgan fingerprint density at radius 3 is 2.13 bits per heavy atom. The molecule has 220 valence electrons. The molecule has 5 aromatic carbocycles. The van der Waals surface area contributed by atoms with Gasteiger partial charge in [-0.05, 0) is 64.1 Å². The Balaban J connectivity index is 1.36. The lowest BCUT2D eigenvalue weighted by molar-refractivity contribution is 0.661. The predicted molar refractivity (Wildman–Crippen MR) is 188 cm³/mol. The molecular weight excluding hydrogens is 560 g/mol. The van der Waals surface area contributed by atoms with Crippen molar-refractivity contribution in [2.45, 2.75) is 31.6 Å². The van der Waals surface area contributed by atoms with Gasteiger partial charge in [-0.3, -0.25) is 4.57 Å². The van der Waals surface area contributed by atoms with E-state index in [2.05, 4.69) is 140 Å². The molecule has 4 nitrogen and oxygen atoms in total. The first-order valence-corrected chi connectivity index (χ1v) is 16.0. The van der Waals surface area contributed by atoms with Gasteiger partial charge in [-0.15, -0.1) is 0 Å². The SMILES string of the molecule is CC1(C)c2ccccc2-c2cc3c4cc(-c5ccccc5)ccc4n(-c4nc(-c5ccccc5)nc(C5C=CC=CC5)n4)c3cc21. The van der Waals surface area contributed by atoms with Crippen LogP contribution in [-0.2, 0) is 5.41 Å². The van der Waals surface area contributed by atoms with Gasteiger partial charge in [0.25, 0.3) is 0 Å². The van der Waals surface area contributed by atoms with Gasteiger partial charge in [-0.2, -0.15) is 9.97 Å². The van der Waals surface area contributed by atoms with E-state index in [1.165, 1.54) is 44.2 Å². The maximum atomic E-state index is 5.23. The van der Waals surface area contributed by atoms with Crippen molar-refractivity contribution in [1.82, 2.24) is 19.5 Å². The number of rotatable bonds is 4. The van der Waals surface area contributed by atoms with Crippen molar-refractivity contribution in [2.24, 2.45) is 0 Å². The molecule has 4 heteroatoms. The van der Waals surface area contributed by atoms with Crippen LogP contribution in [0.5, 0.6) is 0 Å². The van der Waals surface area contributed by atoms with E-state index in [1.54, 1.807) is 0 Å². The molecule has 2 aliphatic carbocycles. The Hall–Kier alpha value is -5.61. The van der Waals surface area contributed by atoms with Crippen LogP contribution in [-0.4, -0.2) is 19.5 Å². The summed E-state index contributed by atoms with van der Waals surface area (Å²) in [7, 11) is 0. The largest absolute Gasteiger partial charge is 0.278 e. The zero-order chi connectivity index (χ0) is 30.8. The number of benzene rings is 5. The molecule has 0 amide bonds. The zero-order valence-electron chi connectivity index (χ0n) is 25.9. The molecule has 0 aliphatic heterocycles. The lowest BCUT2D eigenvalue weighted by Gasteiger charge is -2.21. The van der Waals surface area contributed by atoms with Crippen LogP contribution in [0.1, 0.15) is 43.1 Å². The van der Waals surface area contributed by atoms with Gasteiger partial charge in [-0.25, -0.2) is 4.98 Å². The van der Waals surface area contributed by atoms with E-state index in [4.69, 9.17) is 15.0 Å². The summed E-state index contributed by atoms with van der Waals surface area (Å²) in [6.07, 6.45) is 9.42. The minimum absolute atomic E-state index is 0.0877. The normalized spacial score (nSPS) is 16.2. The molecule has 0 saturated heterocycles. The number of hydrogen-bond donors (Lipinski definition) is 0. The van der Waals surface area contributed by atoms with Crippen molar-refractivity contribution in [3.8, 4) is 39.6 Å². The second-order valence-corrected chi connectivity index (χ2v) is 12.9. The van der Waals surface area contributed by atoms with Crippen molar-refractivity contribution in [3.63, 3.8) is 0 Å². The Morgan fingerprint density at radius 1 is 0.609 bits per heavy atom. The maximum absolute atomic E-state index is 5.23. The number of aromatic nitrogens is 4. The molecule has 0 radical (unpaired) electrons. The molecule has 1 unspecified atom stereocenters. The van der Waals surface area contributed by atoms with Crippen LogP contribution >= 0.6 is 0 Å². The summed E-state index contributed by atoms with van der Waals surface area (Å²) in [5, 5.41) is 2.38. The van der Waals surface area contributed by atoms with Gasteiger partial charge in [0.05, 0.1) is 11.0 Å². The molecule has 0 N–H and O–H groups in total. The first-order chi connectivity index (χ1) is 22.6. The maximum Gasteiger partial charge on any atom is 0.238 e. The number of allylic oxidation sites excluding steroid dienone is 4. The van der Waals surface area contributed by atoms with E-state index in [9.17, 15) is 0 Å². The third kappa shape index (κ3) is 4.10. The summed E-state index contributed by atoms with van der Waals surface area (Å²) in [5.41, 5.74) is 10.7. The highest BCUT2D eigenvalue weighted by atomic mass is 15.2. The molecule has 9 rings (SSSR count). The summed E-state index contributed by atoms with van der Waals surface area (Å²) in [5.74, 6) is 2.21. The average molecular weight is 593 g/mol. The van der Waals surface area contributed by atoms with Crippen LogP contribution in [0.4, 0.5) is 0 Å². The highest BCUT2D eigenvalue weighted by molar-refractivity contribution is 6.12. The summed E-state index contributed by atoms with van der Waals surface area (Å²) < 4.78 is 2.26. The lowest BCUT2D eigenvalue weighted by Crippen LogP contribution is -2.15. The van der Waals surface area contributed by atoms with E-state index >= 15 is 0 Å². The van der Waals surface area contributed by atoms with Gasteiger partial charge in [0.1, 0.15) is 5.82 Å².